The molecule has 5 nitrogen and oxygen atoms in total. The highest BCUT2D eigenvalue weighted by Crippen LogP contribution is 2.53. The predicted molar refractivity (Wildman–Crippen MR) is 94.6 cm³/mol. The van der Waals surface area contributed by atoms with Crippen LogP contribution in [0.4, 0.5) is 0 Å². The van der Waals surface area contributed by atoms with Gasteiger partial charge in [-0.3, -0.25) is 9.99 Å². The third-order valence-electron chi connectivity index (χ3n) is 3.21. The maximum absolute atomic E-state index is 13.1. The highest BCUT2D eigenvalue weighted by molar-refractivity contribution is 7.54. The van der Waals surface area contributed by atoms with Gasteiger partial charge in [-0.05, 0) is 25.7 Å². The Kier molecular flexibility index (Phi) is 14.0. The molecule has 0 saturated heterocycles. The van der Waals surface area contributed by atoms with Crippen molar-refractivity contribution < 1.29 is 13.6 Å². The van der Waals surface area contributed by atoms with E-state index in [4.69, 9.17) is 9.05 Å². The smallest absolute Gasteiger partial charge is 0.307 e. The summed E-state index contributed by atoms with van der Waals surface area (Å²) in [7, 11) is -3.18. The molecule has 0 amide bonds. The van der Waals surface area contributed by atoms with Gasteiger partial charge in [-0.15, -0.1) is 0 Å². The van der Waals surface area contributed by atoms with E-state index in [2.05, 4.69) is 38.2 Å². The highest BCUT2D eigenvalue weighted by Gasteiger charge is 2.35. The molecule has 0 heterocycles. The Balaban J connectivity index is 4.79. The minimum atomic E-state index is -3.18. The van der Waals surface area contributed by atoms with E-state index in [0.29, 0.717) is 13.2 Å². The molecule has 0 spiro atoms. The largest absolute Gasteiger partial charge is 0.354 e. The lowest BCUT2D eigenvalue weighted by Crippen LogP contribution is -2.27. The van der Waals surface area contributed by atoms with E-state index < -0.39 is 7.60 Å². The molecule has 0 rings (SSSR count). The van der Waals surface area contributed by atoms with Gasteiger partial charge in [-0.1, -0.05) is 53.4 Å². The summed E-state index contributed by atoms with van der Waals surface area (Å²) in [5, 5.41) is 4.20. The van der Waals surface area contributed by atoms with Gasteiger partial charge in [-0.25, -0.2) is 0 Å². The van der Waals surface area contributed by atoms with Crippen molar-refractivity contribution in [3.8, 4) is 0 Å². The summed E-state index contributed by atoms with van der Waals surface area (Å²) in [5.74, 6) is -0.362. The third-order valence-corrected chi connectivity index (χ3v) is 5.44. The molecule has 0 aromatic rings. The molecular weight excluding hydrogens is 299 g/mol. The zero-order chi connectivity index (χ0) is 16.7. The van der Waals surface area contributed by atoms with Gasteiger partial charge in [0.25, 0.3) is 0 Å². The summed E-state index contributed by atoms with van der Waals surface area (Å²) in [6.45, 7) is 9.28. The van der Waals surface area contributed by atoms with Crippen molar-refractivity contribution in [2.75, 3.05) is 13.2 Å². The van der Waals surface area contributed by atoms with Crippen LogP contribution < -0.4 is 5.43 Å². The van der Waals surface area contributed by atoms with Crippen molar-refractivity contribution in [1.29, 1.82) is 0 Å². The number of nitrogens with one attached hydrogen (secondary N) is 1. The SMILES string of the molecule is CCC/C=N/NC(CCC)P(=O)(OCCCC)OCCCC. The first-order chi connectivity index (χ1) is 10.6. The van der Waals surface area contributed by atoms with Crippen LogP contribution in [0.2, 0.25) is 0 Å². The van der Waals surface area contributed by atoms with E-state index in [9.17, 15) is 4.57 Å². The maximum Gasteiger partial charge on any atom is 0.354 e. The first-order valence-electron chi connectivity index (χ1n) is 8.80. The Hall–Kier alpha value is -0.380. The van der Waals surface area contributed by atoms with Crippen LogP contribution in [-0.2, 0) is 13.6 Å². The van der Waals surface area contributed by atoms with Crippen LogP contribution in [0, 0.1) is 0 Å². The van der Waals surface area contributed by atoms with Crippen molar-refractivity contribution in [3.63, 3.8) is 0 Å². The minimum Gasteiger partial charge on any atom is -0.307 e. The van der Waals surface area contributed by atoms with Crippen LogP contribution in [0.3, 0.4) is 0 Å². The quantitative estimate of drug-likeness (QED) is 0.191. The van der Waals surface area contributed by atoms with Crippen LogP contribution in [-0.4, -0.2) is 25.2 Å². The van der Waals surface area contributed by atoms with E-state index >= 15 is 0 Å². The van der Waals surface area contributed by atoms with Gasteiger partial charge in [0.15, 0.2) is 0 Å². The Bertz CT molecular complexity index is 311. The molecule has 0 aliphatic heterocycles. The lowest BCUT2D eigenvalue weighted by molar-refractivity contribution is 0.187. The fraction of sp³-hybridized carbons (Fsp3) is 0.938. The van der Waals surface area contributed by atoms with Crippen molar-refractivity contribution >= 4 is 13.8 Å². The predicted octanol–water partition coefficient (Wildman–Crippen LogP) is 5.31. The number of hydrogen-bond acceptors (Lipinski definition) is 5. The number of nitrogens with zero attached hydrogens (tertiary/aromatic N) is 1. The lowest BCUT2D eigenvalue weighted by atomic mass is 10.3. The summed E-state index contributed by atoms with van der Waals surface area (Å²) in [4.78, 5) is 0. The Labute approximate surface area is 136 Å². The van der Waals surface area contributed by atoms with Gasteiger partial charge in [0, 0.05) is 6.21 Å². The second kappa shape index (κ2) is 14.2. The number of hydrazone groups is 1. The first kappa shape index (κ1) is 21.6. The molecule has 0 aliphatic rings. The molecule has 6 heteroatoms. The summed E-state index contributed by atoms with van der Waals surface area (Å²) >= 11 is 0. The Morgan fingerprint density at radius 1 is 1.00 bits per heavy atom. The zero-order valence-electron chi connectivity index (χ0n) is 14.8. The molecule has 22 heavy (non-hydrogen) atoms. The molecule has 0 aromatic heterocycles. The molecule has 0 saturated carbocycles. The van der Waals surface area contributed by atoms with E-state index in [-0.39, 0.29) is 5.78 Å². The average molecular weight is 334 g/mol. The molecule has 0 radical (unpaired) electrons. The Morgan fingerprint density at radius 3 is 2.05 bits per heavy atom. The van der Waals surface area contributed by atoms with Crippen LogP contribution in [0.15, 0.2) is 5.10 Å². The van der Waals surface area contributed by atoms with Crippen LogP contribution in [0.25, 0.3) is 0 Å². The van der Waals surface area contributed by atoms with Crippen molar-refractivity contribution in [1.82, 2.24) is 5.43 Å². The molecule has 0 aliphatic carbocycles. The fourth-order valence-electron chi connectivity index (χ4n) is 1.79. The van der Waals surface area contributed by atoms with Crippen molar-refractivity contribution in [2.45, 2.75) is 84.8 Å². The lowest BCUT2D eigenvalue weighted by Gasteiger charge is -2.26. The Morgan fingerprint density at radius 2 is 1.59 bits per heavy atom. The highest BCUT2D eigenvalue weighted by atomic mass is 31.2. The van der Waals surface area contributed by atoms with Gasteiger partial charge in [0.2, 0.25) is 0 Å². The van der Waals surface area contributed by atoms with E-state index in [0.717, 1.165) is 51.4 Å². The second-order valence-electron chi connectivity index (χ2n) is 5.45. The van der Waals surface area contributed by atoms with Crippen LogP contribution >= 0.6 is 7.60 Å². The minimum absolute atomic E-state index is 0.362. The topological polar surface area (TPSA) is 59.9 Å². The second-order valence-corrected chi connectivity index (χ2v) is 7.67. The average Bonchev–Trinajstić information content (AvgIpc) is 2.51. The number of hydrogen-bond donors (Lipinski definition) is 1. The van der Waals surface area contributed by atoms with Gasteiger partial charge in [0.05, 0.1) is 13.2 Å². The molecule has 0 fully saturated rings. The summed E-state index contributed by atoms with van der Waals surface area (Å²) in [5.41, 5.74) is 3.01. The van der Waals surface area contributed by atoms with Crippen LogP contribution in [0.1, 0.15) is 79.1 Å². The van der Waals surface area contributed by atoms with Gasteiger partial charge >= 0.3 is 7.60 Å². The number of unbranched alkanes of at least 4 members (excludes halogenated alkanes) is 3. The standard InChI is InChI=1S/C16H35N2O3P/c1-5-9-13-17-18-16(12-8-4)22(19,20-14-10-6-2)21-15-11-7-3/h13,16,18H,5-12,14-15H2,1-4H3/b17-13+. The van der Waals surface area contributed by atoms with Crippen LogP contribution in [0.5, 0.6) is 0 Å². The van der Waals surface area contributed by atoms with Gasteiger partial charge in [-0.2, -0.15) is 5.10 Å². The molecule has 1 atom stereocenters. The van der Waals surface area contributed by atoms with Gasteiger partial charge in [0.1, 0.15) is 5.78 Å². The normalized spacial score (nSPS) is 13.6. The molecular formula is C16H35N2O3P. The molecule has 0 aromatic carbocycles. The molecule has 132 valence electrons. The van der Waals surface area contributed by atoms with E-state index in [1.54, 1.807) is 0 Å². The van der Waals surface area contributed by atoms with Crippen molar-refractivity contribution in [3.05, 3.63) is 0 Å². The van der Waals surface area contributed by atoms with E-state index in [1.165, 1.54) is 0 Å². The summed E-state index contributed by atoms with van der Waals surface area (Å²) < 4.78 is 24.5. The first-order valence-corrected chi connectivity index (χ1v) is 10.4. The van der Waals surface area contributed by atoms with Gasteiger partial charge < -0.3 is 9.05 Å². The maximum atomic E-state index is 13.1. The van der Waals surface area contributed by atoms with E-state index in [1.807, 2.05) is 6.21 Å². The third kappa shape index (κ3) is 9.60. The summed E-state index contributed by atoms with van der Waals surface area (Å²) in [6.07, 6.45) is 9.19. The molecule has 1 unspecified atom stereocenters. The summed E-state index contributed by atoms with van der Waals surface area (Å²) in [6, 6.07) is 0. The molecule has 1 N–H and O–H groups in total. The zero-order valence-corrected chi connectivity index (χ0v) is 15.7. The fourth-order valence-corrected chi connectivity index (χ4v) is 3.77. The van der Waals surface area contributed by atoms with Crippen molar-refractivity contribution in [2.24, 2.45) is 5.10 Å². The number of rotatable bonds is 15. The monoisotopic (exact) mass is 334 g/mol. The molecule has 0 bridgehead atoms.